The molecule has 1 fully saturated rings. The summed E-state index contributed by atoms with van der Waals surface area (Å²) in [6.45, 7) is 6.47. The van der Waals surface area contributed by atoms with Crippen LogP contribution in [0.2, 0.25) is 0 Å². The van der Waals surface area contributed by atoms with Gasteiger partial charge in [-0.1, -0.05) is 32.4 Å². The Kier molecular flexibility index (Phi) is 6.94. The van der Waals surface area contributed by atoms with Gasteiger partial charge in [-0.15, -0.1) is 0 Å². The number of sulfonamides is 1. The Morgan fingerprint density at radius 1 is 1.19 bits per heavy atom. The highest BCUT2D eigenvalue weighted by Gasteiger charge is 2.37. The molecule has 26 heavy (non-hydrogen) atoms. The minimum atomic E-state index is -3.78. The summed E-state index contributed by atoms with van der Waals surface area (Å²) in [5.41, 5.74) is 0.463. The summed E-state index contributed by atoms with van der Waals surface area (Å²) >= 11 is 0. The van der Waals surface area contributed by atoms with E-state index in [0.717, 1.165) is 19.3 Å². The van der Waals surface area contributed by atoms with Crippen LogP contribution in [0.4, 0.5) is 0 Å². The Morgan fingerprint density at radius 2 is 1.85 bits per heavy atom. The fourth-order valence-corrected chi connectivity index (χ4v) is 4.71. The van der Waals surface area contributed by atoms with Crippen LogP contribution >= 0.6 is 0 Å². The van der Waals surface area contributed by atoms with Crippen molar-refractivity contribution in [3.8, 4) is 0 Å². The molecule has 1 aliphatic rings. The number of benzene rings is 1. The van der Waals surface area contributed by atoms with Crippen molar-refractivity contribution in [2.45, 2.75) is 57.4 Å². The van der Waals surface area contributed by atoms with E-state index >= 15 is 0 Å². The Balaban J connectivity index is 2.18. The molecule has 1 saturated heterocycles. The highest BCUT2D eigenvalue weighted by molar-refractivity contribution is 7.89. The van der Waals surface area contributed by atoms with Crippen LogP contribution in [-0.4, -0.2) is 43.5 Å². The van der Waals surface area contributed by atoms with Gasteiger partial charge in [-0.2, -0.15) is 4.31 Å². The molecule has 1 unspecified atom stereocenters. The van der Waals surface area contributed by atoms with Crippen LogP contribution in [-0.2, 0) is 14.8 Å². The Bertz CT molecular complexity index is 741. The van der Waals surface area contributed by atoms with Gasteiger partial charge in [0.05, 0.1) is 4.90 Å². The molecule has 0 bridgehead atoms. The van der Waals surface area contributed by atoms with E-state index in [9.17, 15) is 18.0 Å². The van der Waals surface area contributed by atoms with Crippen molar-refractivity contribution in [1.29, 1.82) is 0 Å². The molecule has 1 heterocycles. The van der Waals surface area contributed by atoms with Gasteiger partial charge in [-0.3, -0.25) is 9.59 Å². The molecule has 2 rings (SSSR count). The molecular formula is C19H28N2O4S. The summed E-state index contributed by atoms with van der Waals surface area (Å²) in [4.78, 5) is 24.0. The van der Waals surface area contributed by atoms with Crippen molar-refractivity contribution in [1.82, 2.24) is 9.62 Å². The first-order valence-corrected chi connectivity index (χ1v) is 10.6. The number of piperidine rings is 1. The van der Waals surface area contributed by atoms with E-state index in [-0.39, 0.29) is 16.6 Å². The number of amides is 1. The number of hydrogen-bond acceptors (Lipinski definition) is 4. The Labute approximate surface area is 156 Å². The number of nitrogens with zero attached hydrogens (tertiary/aromatic N) is 1. The standard InChI is InChI=1S/C19H28N2O4S/c1-14(2)11-12-20-19(23)18-6-4-5-13-21(18)26(24,25)17-9-7-16(8-10-17)15(3)22/h7-10,14,18H,4-6,11-13H2,1-3H3,(H,20,23). The van der Waals surface area contributed by atoms with Crippen LogP contribution in [0.25, 0.3) is 0 Å². The van der Waals surface area contributed by atoms with Crippen LogP contribution in [0.1, 0.15) is 56.8 Å². The average molecular weight is 381 g/mol. The number of hydrogen-bond donors (Lipinski definition) is 1. The van der Waals surface area contributed by atoms with Crippen LogP contribution in [0.15, 0.2) is 29.2 Å². The van der Waals surface area contributed by atoms with Crippen LogP contribution < -0.4 is 5.32 Å². The SMILES string of the molecule is CC(=O)c1ccc(S(=O)(=O)N2CCCCC2C(=O)NCCC(C)C)cc1. The summed E-state index contributed by atoms with van der Waals surface area (Å²) in [6.07, 6.45) is 2.95. The highest BCUT2D eigenvalue weighted by atomic mass is 32.2. The zero-order chi connectivity index (χ0) is 19.3. The first-order valence-electron chi connectivity index (χ1n) is 9.14. The van der Waals surface area contributed by atoms with Gasteiger partial charge in [0.1, 0.15) is 6.04 Å². The van der Waals surface area contributed by atoms with E-state index < -0.39 is 16.1 Å². The highest BCUT2D eigenvalue weighted by Crippen LogP contribution is 2.26. The maximum atomic E-state index is 13.0. The molecule has 0 aromatic heterocycles. The summed E-state index contributed by atoms with van der Waals surface area (Å²) in [5.74, 6) is 0.130. The van der Waals surface area contributed by atoms with Gasteiger partial charge < -0.3 is 5.32 Å². The third-order valence-corrected chi connectivity index (χ3v) is 6.57. The number of ketones is 1. The molecule has 6 nitrogen and oxygen atoms in total. The predicted molar refractivity (Wildman–Crippen MR) is 100 cm³/mol. The number of Topliss-reactive ketones (excluding diaryl/α,β-unsaturated/α-hetero) is 1. The van der Waals surface area contributed by atoms with E-state index in [1.54, 1.807) is 0 Å². The second-order valence-electron chi connectivity index (χ2n) is 7.18. The maximum absolute atomic E-state index is 13.0. The van der Waals surface area contributed by atoms with Crippen LogP contribution in [0.3, 0.4) is 0 Å². The molecule has 0 radical (unpaired) electrons. The Hall–Kier alpha value is -1.73. The van der Waals surface area contributed by atoms with E-state index in [2.05, 4.69) is 19.2 Å². The van der Waals surface area contributed by atoms with E-state index in [1.165, 1.54) is 35.5 Å². The van der Waals surface area contributed by atoms with Gasteiger partial charge in [0.15, 0.2) is 5.78 Å². The molecule has 1 N–H and O–H groups in total. The number of carbonyl (C=O) groups excluding carboxylic acids is 2. The normalized spacial score (nSPS) is 18.7. The molecular weight excluding hydrogens is 352 g/mol. The van der Waals surface area contributed by atoms with Crippen molar-refractivity contribution in [3.05, 3.63) is 29.8 Å². The van der Waals surface area contributed by atoms with Gasteiger partial charge in [0.25, 0.3) is 0 Å². The summed E-state index contributed by atoms with van der Waals surface area (Å²) in [7, 11) is -3.78. The van der Waals surface area contributed by atoms with Crippen molar-refractivity contribution >= 4 is 21.7 Å². The molecule has 1 aliphatic heterocycles. The lowest BCUT2D eigenvalue weighted by Gasteiger charge is -2.33. The second-order valence-corrected chi connectivity index (χ2v) is 9.07. The molecule has 1 aromatic rings. The number of rotatable bonds is 7. The summed E-state index contributed by atoms with van der Waals surface area (Å²) < 4.78 is 27.4. The first kappa shape index (κ1) is 20.6. The molecule has 0 saturated carbocycles. The van der Waals surface area contributed by atoms with E-state index in [1.807, 2.05) is 0 Å². The van der Waals surface area contributed by atoms with Crippen molar-refractivity contribution in [3.63, 3.8) is 0 Å². The van der Waals surface area contributed by atoms with Crippen LogP contribution in [0.5, 0.6) is 0 Å². The topological polar surface area (TPSA) is 83.6 Å². The summed E-state index contributed by atoms with van der Waals surface area (Å²) in [6, 6.07) is 5.23. The number of nitrogens with one attached hydrogen (secondary N) is 1. The lowest BCUT2D eigenvalue weighted by molar-refractivity contribution is -0.125. The van der Waals surface area contributed by atoms with E-state index in [4.69, 9.17) is 0 Å². The lowest BCUT2D eigenvalue weighted by atomic mass is 10.0. The van der Waals surface area contributed by atoms with Crippen molar-refractivity contribution in [2.75, 3.05) is 13.1 Å². The zero-order valence-electron chi connectivity index (χ0n) is 15.7. The first-order chi connectivity index (χ1) is 12.2. The molecule has 1 amide bonds. The number of carbonyl (C=O) groups is 2. The monoisotopic (exact) mass is 380 g/mol. The quantitative estimate of drug-likeness (QED) is 0.737. The van der Waals surface area contributed by atoms with E-state index in [0.29, 0.717) is 31.0 Å². The smallest absolute Gasteiger partial charge is 0.243 e. The van der Waals surface area contributed by atoms with Gasteiger partial charge in [0.2, 0.25) is 15.9 Å². The minimum Gasteiger partial charge on any atom is -0.355 e. The molecule has 1 atom stereocenters. The third-order valence-electron chi connectivity index (χ3n) is 4.64. The molecule has 0 spiro atoms. The fourth-order valence-electron chi connectivity index (χ4n) is 3.05. The van der Waals surface area contributed by atoms with Crippen molar-refractivity contribution in [2.24, 2.45) is 5.92 Å². The van der Waals surface area contributed by atoms with Gasteiger partial charge in [-0.05, 0) is 44.2 Å². The lowest BCUT2D eigenvalue weighted by Crippen LogP contribution is -2.52. The fraction of sp³-hybridized carbons (Fsp3) is 0.579. The van der Waals surface area contributed by atoms with Crippen LogP contribution in [0, 0.1) is 5.92 Å². The zero-order valence-corrected chi connectivity index (χ0v) is 16.5. The second kappa shape index (κ2) is 8.77. The van der Waals surface area contributed by atoms with Gasteiger partial charge >= 0.3 is 0 Å². The maximum Gasteiger partial charge on any atom is 0.243 e. The van der Waals surface area contributed by atoms with Crippen molar-refractivity contribution < 1.29 is 18.0 Å². The molecule has 0 aliphatic carbocycles. The summed E-state index contributed by atoms with van der Waals surface area (Å²) in [5, 5.41) is 2.87. The molecule has 1 aromatic carbocycles. The third kappa shape index (κ3) is 4.92. The Morgan fingerprint density at radius 3 is 2.42 bits per heavy atom. The largest absolute Gasteiger partial charge is 0.355 e. The molecule has 144 valence electrons. The predicted octanol–water partition coefficient (Wildman–Crippen LogP) is 2.59. The van der Waals surface area contributed by atoms with Gasteiger partial charge in [-0.25, -0.2) is 8.42 Å². The minimum absolute atomic E-state index is 0.115. The van der Waals surface area contributed by atoms with Gasteiger partial charge in [0, 0.05) is 18.7 Å². The average Bonchev–Trinajstić information content (AvgIpc) is 2.61. The molecule has 7 heteroatoms.